The van der Waals surface area contributed by atoms with Gasteiger partial charge in [-0.1, -0.05) is 6.07 Å². The van der Waals surface area contributed by atoms with Gasteiger partial charge in [0.15, 0.2) is 0 Å². The van der Waals surface area contributed by atoms with E-state index in [4.69, 9.17) is 4.74 Å². The average Bonchev–Trinajstić information content (AvgIpc) is 3.05. The zero-order valence-corrected chi connectivity index (χ0v) is 12.1. The fourth-order valence-corrected chi connectivity index (χ4v) is 2.25. The van der Waals surface area contributed by atoms with Gasteiger partial charge in [-0.15, -0.1) is 0 Å². The largest absolute Gasteiger partial charge is 0.497 e. The Balaban J connectivity index is 1.70. The maximum atomic E-state index is 11.9. The van der Waals surface area contributed by atoms with Gasteiger partial charge >= 0.3 is 0 Å². The SMILES string of the molecule is COc1cccc(C(=O)NCCNC(=O)C2CCNC2)c1. The molecule has 1 saturated heterocycles. The number of carbonyl (C=O) groups is 2. The normalized spacial score (nSPS) is 17.3. The molecule has 21 heavy (non-hydrogen) atoms. The zero-order valence-electron chi connectivity index (χ0n) is 12.1. The molecule has 2 amide bonds. The standard InChI is InChI=1S/C15H21N3O3/c1-21-13-4-2-3-11(9-13)14(19)17-7-8-18-15(20)12-5-6-16-10-12/h2-4,9,12,16H,5-8,10H2,1H3,(H,17,19)(H,18,20). The van der Waals surface area contributed by atoms with E-state index in [1.165, 1.54) is 0 Å². The van der Waals surface area contributed by atoms with Crippen molar-refractivity contribution in [2.75, 3.05) is 33.3 Å². The van der Waals surface area contributed by atoms with Crippen LogP contribution in [-0.2, 0) is 4.79 Å². The Morgan fingerprint density at radius 2 is 2.14 bits per heavy atom. The molecule has 0 saturated carbocycles. The van der Waals surface area contributed by atoms with Crippen molar-refractivity contribution < 1.29 is 14.3 Å². The van der Waals surface area contributed by atoms with E-state index >= 15 is 0 Å². The minimum Gasteiger partial charge on any atom is -0.497 e. The first-order valence-corrected chi connectivity index (χ1v) is 7.11. The fourth-order valence-electron chi connectivity index (χ4n) is 2.25. The number of methoxy groups -OCH3 is 1. The second-order valence-corrected chi connectivity index (χ2v) is 4.97. The van der Waals surface area contributed by atoms with E-state index in [0.717, 1.165) is 19.5 Å². The molecule has 0 aliphatic carbocycles. The molecule has 1 heterocycles. The maximum Gasteiger partial charge on any atom is 0.251 e. The summed E-state index contributed by atoms with van der Waals surface area (Å²) in [5, 5.41) is 8.76. The molecule has 1 aliphatic rings. The highest BCUT2D eigenvalue weighted by Gasteiger charge is 2.21. The van der Waals surface area contributed by atoms with Crippen molar-refractivity contribution in [1.82, 2.24) is 16.0 Å². The Kier molecular flexibility index (Phi) is 5.57. The van der Waals surface area contributed by atoms with Gasteiger partial charge in [0.25, 0.3) is 5.91 Å². The monoisotopic (exact) mass is 291 g/mol. The number of hydrogen-bond donors (Lipinski definition) is 3. The Morgan fingerprint density at radius 1 is 1.33 bits per heavy atom. The minimum atomic E-state index is -0.175. The Bertz CT molecular complexity index is 499. The van der Waals surface area contributed by atoms with E-state index in [2.05, 4.69) is 16.0 Å². The highest BCUT2D eigenvalue weighted by atomic mass is 16.5. The van der Waals surface area contributed by atoms with Crippen LogP contribution in [0.3, 0.4) is 0 Å². The summed E-state index contributed by atoms with van der Waals surface area (Å²) < 4.78 is 5.08. The van der Waals surface area contributed by atoms with Crippen molar-refractivity contribution in [3.05, 3.63) is 29.8 Å². The molecule has 2 rings (SSSR count). The molecule has 3 N–H and O–H groups in total. The number of nitrogens with one attached hydrogen (secondary N) is 3. The maximum absolute atomic E-state index is 11.9. The van der Waals surface area contributed by atoms with Crippen molar-refractivity contribution in [2.24, 2.45) is 5.92 Å². The fraction of sp³-hybridized carbons (Fsp3) is 0.467. The third-order valence-electron chi connectivity index (χ3n) is 3.47. The van der Waals surface area contributed by atoms with Gasteiger partial charge in [-0.3, -0.25) is 9.59 Å². The van der Waals surface area contributed by atoms with Crippen LogP contribution in [0.5, 0.6) is 5.75 Å². The van der Waals surface area contributed by atoms with Crippen molar-refractivity contribution >= 4 is 11.8 Å². The highest BCUT2D eigenvalue weighted by molar-refractivity contribution is 5.94. The van der Waals surface area contributed by atoms with E-state index in [0.29, 0.717) is 24.4 Å². The van der Waals surface area contributed by atoms with Gasteiger partial charge in [0.2, 0.25) is 5.91 Å². The molecule has 6 heteroatoms. The minimum absolute atomic E-state index is 0.0515. The quantitative estimate of drug-likeness (QED) is 0.652. The van der Waals surface area contributed by atoms with Gasteiger partial charge < -0.3 is 20.7 Å². The number of ether oxygens (including phenoxy) is 1. The van der Waals surface area contributed by atoms with Gasteiger partial charge in [-0.05, 0) is 31.2 Å². The smallest absolute Gasteiger partial charge is 0.251 e. The molecule has 1 aromatic rings. The lowest BCUT2D eigenvalue weighted by molar-refractivity contribution is -0.124. The van der Waals surface area contributed by atoms with Crippen molar-refractivity contribution in [3.8, 4) is 5.75 Å². The predicted octanol–water partition coefficient (Wildman–Crippen LogP) is 0.151. The van der Waals surface area contributed by atoms with Crippen LogP contribution >= 0.6 is 0 Å². The van der Waals surface area contributed by atoms with Crippen LogP contribution in [-0.4, -0.2) is 45.1 Å². The van der Waals surface area contributed by atoms with Crippen LogP contribution in [0.4, 0.5) is 0 Å². The third kappa shape index (κ3) is 4.46. The van der Waals surface area contributed by atoms with Gasteiger partial charge in [0.1, 0.15) is 5.75 Å². The van der Waals surface area contributed by atoms with E-state index in [1.807, 2.05) is 0 Å². The van der Waals surface area contributed by atoms with Gasteiger partial charge in [-0.2, -0.15) is 0 Å². The molecule has 1 fully saturated rings. The molecule has 114 valence electrons. The van der Waals surface area contributed by atoms with Crippen LogP contribution in [0.15, 0.2) is 24.3 Å². The van der Waals surface area contributed by atoms with E-state index < -0.39 is 0 Å². The molecule has 1 unspecified atom stereocenters. The number of carbonyl (C=O) groups excluding carboxylic acids is 2. The molecule has 1 aromatic carbocycles. The molecule has 1 aliphatic heterocycles. The van der Waals surface area contributed by atoms with Crippen LogP contribution < -0.4 is 20.7 Å². The first-order chi connectivity index (χ1) is 10.2. The lowest BCUT2D eigenvalue weighted by Crippen LogP contribution is -2.38. The molecule has 0 aromatic heterocycles. The molecule has 6 nitrogen and oxygen atoms in total. The van der Waals surface area contributed by atoms with Gasteiger partial charge in [0.05, 0.1) is 13.0 Å². The first-order valence-electron chi connectivity index (χ1n) is 7.11. The lowest BCUT2D eigenvalue weighted by Gasteiger charge is -2.10. The van der Waals surface area contributed by atoms with E-state index in [1.54, 1.807) is 31.4 Å². The average molecular weight is 291 g/mol. The van der Waals surface area contributed by atoms with Crippen molar-refractivity contribution in [3.63, 3.8) is 0 Å². The Morgan fingerprint density at radius 3 is 2.86 bits per heavy atom. The predicted molar refractivity (Wildman–Crippen MR) is 79.3 cm³/mol. The zero-order chi connectivity index (χ0) is 15.1. The summed E-state index contributed by atoms with van der Waals surface area (Å²) in [5.74, 6) is 0.574. The summed E-state index contributed by atoms with van der Waals surface area (Å²) in [6.07, 6.45) is 0.877. The molecule has 0 bridgehead atoms. The highest BCUT2D eigenvalue weighted by Crippen LogP contribution is 2.12. The molecular formula is C15H21N3O3. The van der Waals surface area contributed by atoms with Crippen LogP contribution in [0.2, 0.25) is 0 Å². The van der Waals surface area contributed by atoms with Crippen LogP contribution in [0.1, 0.15) is 16.8 Å². The summed E-state index contributed by atoms with van der Waals surface area (Å²) in [5.41, 5.74) is 0.542. The Labute approximate surface area is 124 Å². The van der Waals surface area contributed by atoms with Crippen molar-refractivity contribution in [2.45, 2.75) is 6.42 Å². The summed E-state index contributed by atoms with van der Waals surface area (Å²) >= 11 is 0. The summed E-state index contributed by atoms with van der Waals surface area (Å²) in [4.78, 5) is 23.7. The number of rotatable bonds is 6. The number of benzene rings is 1. The summed E-state index contributed by atoms with van der Waals surface area (Å²) in [7, 11) is 1.56. The lowest BCUT2D eigenvalue weighted by atomic mass is 10.1. The molecule has 1 atom stereocenters. The summed E-state index contributed by atoms with van der Waals surface area (Å²) in [6.45, 7) is 2.47. The van der Waals surface area contributed by atoms with Crippen LogP contribution in [0, 0.1) is 5.92 Å². The number of amides is 2. The second-order valence-electron chi connectivity index (χ2n) is 4.97. The Hall–Kier alpha value is -2.08. The molecule has 0 spiro atoms. The van der Waals surface area contributed by atoms with E-state index in [-0.39, 0.29) is 17.7 Å². The van der Waals surface area contributed by atoms with Crippen molar-refractivity contribution in [1.29, 1.82) is 0 Å². The van der Waals surface area contributed by atoms with E-state index in [9.17, 15) is 9.59 Å². The molecule has 0 radical (unpaired) electrons. The molecular weight excluding hydrogens is 270 g/mol. The topological polar surface area (TPSA) is 79.5 Å². The first kappa shape index (κ1) is 15.3. The van der Waals surface area contributed by atoms with Gasteiger partial charge in [0, 0.05) is 25.2 Å². The van der Waals surface area contributed by atoms with Crippen LogP contribution in [0.25, 0.3) is 0 Å². The summed E-state index contributed by atoms with van der Waals surface area (Å²) in [6, 6.07) is 6.95. The third-order valence-corrected chi connectivity index (χ3v) is 3.47. The number of hydrogen-bond acceptors (Lipinski definition) is 4. The second kappa shape index (κ2) is 7.64. The van der Waals surface area contributed by atoms with Gasteiger partial charge in [-0.25, -0.2) is 0 Å².